The Morgan fingerprint density at radius 2 is 0.600 bits per heavy atom. The van der Waals surface area contributed by atoms with Crippen molar-refractivity contribution in [3.63, 3.8) is 0 Å². The Kier molecular flexibility index (Phi) is 809. The minimum Gasteiger partial charge on any atom is -2.00 e. The maximum absolute atomic E-state index is 0. The van der Waals surface area contributed by atoms with Crippen molar-refractivity contribution < 1.29 is 37.7 Å². The number of hydrogen-bond acceptors (Lipinski definition) is 0. The van der Waals surface area contributed by atoms with Gasteiger partial charge in [0.05, 0.1) is 0 Å². The topological polar surface area (TPSA) is 0 Å². The second kappa shape index (κ2) is 48.0. The van der Waals surface area contributed by atoms with Crippen LogP contribution in [0.25, 0.3) is 0 Å². The molecule has 0 aromatic carbocycles. The zero-order valence-corrected chi connectivity index (χ0v) is 3.22. The molecule has 0 aliphatic heterocycles. The molecule has 0 atom stereocenters. The Balaban J connectivity index is 0. The molecule has 0 saturated carbocycles. The Bertz CT molecular complexity index is 7.61. The van der Waals surface area contributed by atoms with Gasteiger partial charge in [0, 0.05) is 0 Å². The van der Waals surface area contributed by atoms with Crippen molar-refractivity contribution in [2.24, 2.45) is 0 Å². The van der Waals surface area contributed by atoms with Gasteiger partial charge in [-0.15, -0.1) is 0 Å². The van der Waals surface area contributed by atoms with Gasteiger partial charge < -0.3 is 13.5 Å². The Labute approximate surface area is 65.9 Å². The molecule has 0 aromatic heterocycles. The molecular weight excluding hydrogens is 70.0 g/mol. The molecule has 0 unspecified atom stereocenters. The standard InChI is InChI=1S/2CH4.2Li.S/h2*1H4;;;/q;;2*+1;-2. The van der Waals surface area contributed by atoms with Crippen molar-refractivity contribution in [3.8, 4) is 0 Å². The average molecular weight is 78.0 g/mol. The maximum Gasteiger partial charge on any atom is 1.00 e. The molecule has 0 N–H and O–H groups in total. The van der Waals surface area contributed by atoms with E-state index in [2.05, 4.69) is 0 Å². The van der Waals surface area contributed by atoms with E-state index in [0.29, 0.717) is 0 Å². The minimum absolute atomic E-state index is 0. The van der Waals surface area contributed by atoms with Crippen molar-refractivity contribution >= 4 is 13.5 Å². The van der Waals surface area contributed by atoms with Gasteiger partial charge >= 0.3 is 37.7 Å². The van der Waals surface area contributed by atoms with Crippen LogP contribution in [0.2, 0.25) is 0 Å². The van der Waals surface area contributed by atoms with E-state index in [1.54, 1.807) is 0 Å². The largest absolute Gasteiger partial charge is 2.00 e. The van der Waals surface area contributed by atoms with Gasteiger partial charge in [0.1, 0.15) is 0 Å². The van der Waals surface area contributed by atoms with Crippen LogP contribution in [0.1, 0.15) is 14.9 Å². The molecule has 0 amide bonds. The van der Waals surface area contributed by atoms with E-state index in [1.807, 2.05) is 0 Å². The quantitative estimate of drug-likeness (QED) is 0.255. The second-order valence-electron chi connectivity index (χ2n) is 0. The van der Waals surface area contributed by atoms with Crippen molar-refractivity contribution in [2.75, 3.05) is 0 Å². The summed E-state index contributed by atoms with van der Waals surface area (Å²) in [5, 5.41) is 0. The van der Waals surface area contributed by atoms with Crippen molar-refractivity contribution in [3.05, 3.63) is 0 Å². The van der Waals surface area contributed by atoms with E-state index in [0.717, 1.165) is 0 Å². The zero-order valence-electron chi connectivity index (χ0n) is 2.41. The van der Waals surface area contributed by atoms with Gasteiger partial charge in [0.2, 0.25) is 0 Å². The molecule has 0 heterocycles. The molecule has 0 aromatic rings. The van der Waals surface area contributed by atoms with Gasteiger partial charge in [-0.25, -0.2) is 0 Å². The molecule has 24 valence electrons. The first-order valence-corrected chi connectivity index (χ1v) is 0. The Morgan fingerprint density at radius 1 is 0.600 bits per heavy atom. The van der Waals surface area contributed by atoms with E-state index >= 15 is 0 Å². The van der Waals surface area contributed by atoms with Gasteiger partial charge in [-0.1, -0.05) is 14.9 Å². The van der Waals surface area contributed by atoms with E-state index in [4.69, 9.17) is 0 Å². The van der Waals surface area contributed by atoms with Crippen LogP contribution >= 0.6 is 0 Å². The van der Waals surface area contributed by atoms with E-state index in [9.17, 15) is 0 Å². The molecule has 0 bridgehead atoms. The third-order valence-electron chi connectivity index (χ3n) is 0. The summed E-state index contributed by atoms with van der Waals surface area (Å²) >= 11 is 0. The SMILES string of the molecule is C.C.[Li+].[Li+].[S-2]. The predicted molar refractivity (Wildman–Crippen MR) is 20.8 cm³/mol. The van der Waals surface area contributed by atoms with E-state index < -0.39 is 0 Å². The van der Waals surface area contributed by atoms with Crippen LogP contribution in [0, 0.1) is 0 Å². The van der Waals surface area contributed by atoms with Crippen LogP contribution in [-0.4, -0.2) is 0 Å². The van der Waals surface area contributed by atoms with Gasteiger partial charge in [0.25, 0.3) is 0 Å². The smallest absolute Gasteiger partial charge is 1.00 e. The van der Waals surface area contributed by atoms with Gasteiger partial charge in [-0.3, -0.25) is 0 Å². The summed E-state index contributed by atoms with van der Waals surface area (Å²) in [7, 11) is 0. The average Bonchev–Trinajstić information content (AvgIpc) is 0. The van der Waals surface area contributed by atoms with Gasteiger partial charge in [-0.05, 0) is 0 Å². The Hall–Kier alpha value is 1.54. The summed E-state index contributed by atoms with van der Waals surface area (Å²) < 4.78 is 0. The van der Waals surface area contributed by atoms with Crippen LogP contribution in [-0.2, 0) is 13.5 Å². The fourth-order valence-electron chi connectivity index (χ4n) is 0. The third kappa shape index (κ3) is 29.2. The molecule has 0 aliphatic rings. The predicted octanol–water partition coefficient (Wildman–Crippen LogP) is -4.72. The first-order valence-electron chi connectivity index (χ1n) is 0. The Morgan fingerprint density at radius 3 is 0.600 bits per heavy atom. The fraction of sp³-hybridized carbons (Fsp3) is 1.00. The summed E-state index contributed by atoms with van der Waals surface area (Å²) in [6.45, 7) is 0. The number of hydrogen-bond donors (Lipinski definition) is 0. The van der Waals surface area contributed by atoms with Crippen LogP contribution in [0.15, 0.2) is 0 Å². The normalized spacial score (nSPS) is 0. The molecule has 0 fully saturated rings. The maximum atomic E-state index is 0. The minimum atomic E-state index is 0. The molecule has 0 saturated heterocycles. The van der Waals surface area contributed by atoms with Gasteiger partial charge in [-0.2, -0.15) is 0 Å². The summed E-state index contributed by atoms with van der Waals surface area (Å²) in [5.74, 6) is 0. The van der Waals surface area contributed by atoms with Crippen LogP contribution in [0.5, 0.6) is 0 Å². The summed E-state index contributed by atoms with van der Waals surface area (Å²) in [4.78, 5) is 0. The molecule has 0 nitrogen and oxygen atoms in total. The molecule has 0 aliphatic carbocycles. The van der Waals surface area contributed by atoms with Crippen LogP contribution in [0.3, 0.4) is 0 Å². The van der Waals surface area contributed by atoms with Gasteiger partial charge in [0.15, 0.2) is 0 Å². The molecule has 0 rings (SSSR count). The molecule has 0 radical (unpaired) electrons. The zero-order chi connectivity index (χ0) is 0. The first-order chi connectivity index (χ1) is 0. The molecule has 0 spiro atoms. The van der Waals surface area contributed by atoms with Crippen LogP contribution < -0.4 is 37.7 Å². The third-order valence-corrected chi connectivity index (χ3v) is 0. The summed E-state index contributed by atoms with van der Waals surface area (Å²) in [5.41, 5.74) is 0. The van der Waals surface area contributed by atoms with Crippen molar-refractivity contribution in [2.45, 2.75) is 14.9 Å². The summed E-state index contributed by atoms with van der Waals surface area (Å²) in [6.07, 6.45) is 0. The van der Waals surface area contributed by atoms with Crippen LogP contribution in [0.4, 0.5) is 0 Å². The fourth-order valence-corrected chi connectivity index (χ4v) is 0. The first kappa shape index (κ1) is 84.3. The molecule has 5 heavy (non-hydrogen) atoms. The molecule has 3 heteroatoms. The monoisotopic (exact) mass is 78.1 g/mol. The van der Waals surface area contributed by atoms with E-state index in [-0.39, 0.29) is 66.1 Å². The number of rotatable bonds is 0. The van der Waals surface area contributed by atoms with E-state index in [1.165, 1.54) is 0 Å². The van der Waals surface area contributed by atoms with Crippen molar-refractivity contribution in [1.29, 1.82) is 0 Å². The molecular formula is C2H8Li2S. The summed E-state index contributed by atoms with van der Waals surface area (Å²) in [6, 6.07) is 0. The van der Waals surface area contributed by atoms with Crippen molar-refractivity contribution in [1.82, 2.24) is 0 Å². The second-order valence-corrected chi connectivity index (χ2v) is 0.